The van der Waals surface area contributed by atoms with Crippen molar-refractivity contribution in [3.8, 4) is 0 Å². The van der Waals surface area contributed by atoms with Crippen molar-refractivity contribution >= 4 is 39.0 Å². The molecule has 0 radical (unpaired) electrons. The van der Waals surface area contributed by atoms with Crippen LogP contribution < -0.4 is 0 Å². The lowest BCUT2D eigenvalue weighted by Gasteiger charge is -2.34. The minimum absolute atomic E-state index is 0.163. The molecule has 0 bridgehead atoms. The van der Waals surface area contributed by atoms with Gasteiger partial charge in [0.25, 0.3) is 5.91 Å². The Labute approximate surface area is 180 Å². The van der Waals surface area contributed by atoms with Gasteiger partial charge in [0.1, 0.15) is 9.77 Å². The highest BCUT2D eigenvalue weighted by atomic mass is 32.2. The Morgan fingerprint density at radius 1 is 0.931 bits per heavy atom. The predicted octanol–water partition coefficient (Wildman–Crippen LogP) is 2.44. The maximum Gasteiger partial charge on any atom is 0.265 e. The number of thioether (sulfide) groups is 1. The van der Waals surface area contributed by atoms with Gasteiger partial charge in [-0.25, -0.2) is 8.42 Å². The zero-order valence-corrected chi connectivity index (χ0v) is 18.6. The van der Waals surface area contributed by atoms with E-state index in [2.05, 4.69) is 17.0 Å². The van der Waals surface area contributed by atoms with Gasteiger partial charge in [-0.15, -0.1) is 11.3 Å². The van der Waals surface area contributed by atoms with Gasteiger partial charge < -0.3 is 4.90 Å². The van der Waals surface area contributed by atoms with E-state index in [1.807, 2.05) is 18.2 Å². The number of carbonyl (C=O) groups excluding carboxylic acids is 1. The molecule has 0 unspecified atom stereocenters. The largest absolute Gasteiger partial charge is 0.335 e. The van der Waals surface area contributed by atoms with E-state index in [9.17, 15) is 13.2 Å². The topological polar surface area (TPSA) is 60.9 Å². The molecule has 6 nitrogen and oxygen atoms in total. The van der Waals surface area contributed by atoms with Crippen molar-refractivity contribution in [2.24, 2.45) is 0 Å². The fourth-order valence-corrected chi connectivity index (χ4v) is 7.61. The number of amides is 1. The summed E-state index contributed by atoms with van der Waals surface area (Å²) in [5, 5.41) is 1.71. The Balaban J connectivity index is 1.42. The summed E-state index contributed by atoms with van der Waals surface area (Å²) in [6, 6.07) is 11.9. The molecule has 1 amide bonds. The second-order valence-electron chi connectivity index (χ2n) is 7.18. The van der Waals surface area contributed by atoms with Gasteiger partial charge in [0, 0.05) is 57.3 Å². The second-order valence-corrected chi connectivity index (χ2v) is 11.2. The summed E-state index contributed by atoms with van der Waals surface area (Å²) in [7, 11) is -3.61. The fraction of sp³-hybridized carbons (Fsp3) is 0.450. The minimum atomic E-state index is -3.61. The number of rotatable bonds is 5. The lowest BCUT2D eigenvalue weighted by molar-refractivity contribution is 0.0629. The van der Waals surface area contributed by atoms with Crippen LogP contribution in [0.15, 0.2) is 46.7 Å². The summed E-state index contributed by atoms with van der Waals surface area (Å²) < 4.78 is 27.6. The molecule has 2 saturated heterocycles. The molecule has 1 aromatic carbocycles. The van der Waals surface area contributed by atoms with Crippen molar-refractivity contribution < 1.29 is 13.2 Å². The molecule has 156 valence electrons. The highest BCUT2D eigenvalue weighted by Gasteiger charge is 2.33. The van der Waals surface area contributed by atoms with Crippen LogP contribution in [0, 0.1) is 0 Å². The van der Waals surface area contributed by atoms with Crippen LogP contribution in [0.25, 0.3) is 0 Å². The van der Waals surface area contributed by atoms with Crippen LogP contribution in [0.2, 0.25) is 0 Å². The second kappa shape index (κ2) is 9.18. The van der Waals surface area contributed by atoms with Crippen LogP contribution in [0.1, 0.15) is 15.2 Å². The van der Waals surface area contributed by atoms with Crippen molar-refractivity contribution in [2.75, 3.05) is 50.8 Å². The minimum Gasteiger partial charge on any atom is -0.335 e. The van der Waals surface area contributed by atoms with Crippen LogP contribution in [0.3, 0.4) is 0 Å². The number of benzene rings is 1. The molecule has 0 spiro atoms. The van der Waals surface area contributed by atoms with Gasteiger partial charge >= 0.3 is 0 Å². The van der Waals surface area contributed by atoms with Crippen LogP contribution in [-0.2, 0) is 16.6 Å². The van der Waals surface area contributed by atoms with Gasteiger partial charge in [-0.2, -0.15) is 16.1 Å². The summed E-state index contributed by atoms with van der Waals surface area (Å²) in [6.45, 7) is 4.69. The lowest BCUT2D eigenvalue weighted by Crippen LogP contribution is -2.48. The number of sulfonamides is 1. The van der Waals surface area contributed by atoms with Crippen LogP contribution in [0.4, 0.5) is 0 Å². The zero-order chi connectivity index (χ0) is 20.3. The van der Waals surface area contributed by atoms with E-state index >= 15 is 0 Å². The molecule has 2 aromatic rings. The molecular weight excluding hydrogens is 426 g/mol. The van der Waals surface area contributed by atoms with Crippen molar-refractivity contribution in [1.82, 2.24) is 14.1 Å². The first-order chi connectivity index (χ1) is 14.1. The third-order valence-electron chi connectivity index (χ3n) is 5.32. The SMILES string of the molecule is O=C(c1sccc1S(=O)(=O)N1CCSCC1)N1CCN(Cc2ccccc2)CC1. The standard InChI is InChI=1S/C20H25N3O3S3/c24-20(22-9-7-21(8-10-22)16-17-4-2-1-3-5-17)19-18(6-13-28-19)29(25,26)23-11-14-27-15-12-23/h1-6,13H,7-12,14-16H2. The first-order valence-corrected chi connectivity index (χ1v) is 13.2. The molecule has 0 atom stereocenters. The lowest BCUT2D eigenvalue weighted by atomic mass is 10.2. The Hall–Kier alpha value is -1.39. The maximum absolute atomic E-state index is 13.1. The summed E-state index contributed by atoms with van der Waals surface area (Å²) >= 11 is 2.99. The Bertz CT molecular complexity index is 932. The average Bonchev–Trinajstić information content (AvgIpc) is 3.26. The smallest absolute Gasteiger partial charge is 0.265 e. The number of carbonyl (C=O) groups is 1. The summed E-state index contributed by atoms with van der Waals surface area (Å²) in [5.74, 6) is 1.44. The highest BCUT2D eigenvalue weighted by molar-refractivity contribution is 7.99. The van der Waals surface area contributed by atoms with Crippen molar-refractivity contribution in [1.29, 1.82) is 0 Å². The Morgan fingerprint density at radius 3 is 2.31 bits per heavy atom. The fourth-order valence-electron chi connectivity index (χ4n) is 3.68. The summed E-state index contributed by atoms with van der Waals surface area (Å²) in [5.41, 5.74) is 1.26. The van der Waals surface area contributed by atoms with E-state index < -0.39 is 10.0 Å². The van der Waals surface area contributed by atoms with Gasteiger partial charge in [0.15, 0.2) is 0 Å². The summed E-state index contributed by atoms with van der Waals surface area (Å²) in [4.78, 5) is 17.7. The van der Waals surface area contributed by atoms with Crippen molar-refractivity contribution in [3.05, 3.63) is 52.2 Å². The monoisotopic (exact) mass is 451 g/mol. The molecule has 2 aliphatic heterocycles. The van der Waals surface area contributed by atoms with Crippen LogP contribution in [-0.4, -0.2) is 79.2 Å². The normalized spacial score (nSPS) is 19.4. The molecule has 0 aliphatic carbocycles. The number of hydrogen-bond donors (Lipinski definition) is 0. The molecule has 0 N–H and O–H groups in total. The van der Waals surface area contributed by atoms with Gasteiger partial charge in [-0.05, 0) is 17.0 Å². The molecule has 9 heteroatoms. The number of nitrogens with zero attached hydrogens (tertiary/aromatic N) is 3. The van der Waals surface area contributed by atoms with Gasteiger partial charge in [-0.3, -0.25) is 9.69 Å². The molecule has 2 aliphatic rings. The average molecular weight is 452 g/mol. The highest BCUT2D eigenvalue weighted by Crippen LogP contribution is 2.28. The third-order valence-corrected chi connectivity index (χ3v) is 9.23. The maximum atomic E-state index is 13.1. The Kier molecular flexibility index (Phi) is 6.60. The van der Waals surface area contributed by atoms with Gasteiger partial charge in [0.2, 0.25) is 10.0 Å². The van der Waals surface area contributed by atoms with Crippen LogP contribution >= 0.6 is 23.1 Å². The molecule has 4 rings (SSSR count). The van der Waals surface area contributed by atoms with E-state index in [4.69, 9.17) is 0 Å². The third kappa shape index (κ3) is 4.69. The van der Waals surface area contributed by atoms with Crippen molar-refractivity contribution in [3.63, 3.8) is 0 Å². The molecule has 29 heavy (non-hydrogen) atoms. The van der Waals surface area contributed by atoms with E-state index in [0.29, 0.717) is 31.1 Å². The zero-order valence-electron chi connectivity index (χ0n) is 16.2. The summed E-state index contributed by atoms with van der Waals surface area (Å²) in [6.07, 6.45) is 0. The van der Waals surface area contributed by atoms with E-state index in [-0.39, 0.29) is 10.8 Å². The van der Waals surface area contributed by atoms with Crippen LogP contribution in [0.5, 0.6) is 0 Å². The van der Waals surface area contributed by atoms with Crippen molar-refractivity contribution in [2.45, 2.75) is 11.4 Å². The van der Waals surface area contributed by atoms with Gasteiger partial charge in [0.05, 0.1) is 0 Å². The number of thiophene rings is 1. The van der Waals surface area contributed by atoms with E-state index in [1.165, 1.54) is 21.2 Å². The first-order valence-electron chi connectivity index (χ1n) is 9.76. The number of hydrogen-bond acceptors (Lipinski definition) is 6. The molecule has 0 saturated carbocycles. The molecule has 1 aromatic heterocycles. The molecule has 2 fully saturated rings. The Morgan fingerprint density at radius 2 is 1.62 bits per heavy atom. The molecular formula is C20H25N3O3S3. The van der Waals surface area contributed by atoms with E-state index in [1.54, 1.807) is 28.1 Å². The van der Waals surface area contributed by atoms with Gasteiger partial charge in [-0.1, -0.05) is 30.3 Å². The predicted molar refractivity (Wildman–Crippen MR) is 118 cm³/mol. The quantitative estimate of drug-likeness (QED) is 0.699. The first kappa shape index (κ1) is 20.9. The number of piperazine rings is 1. The van der Waals surface area contributed by atoms with E-state index in [0.717, 1.165) is 31.1 Å². The molecule has 3 heterocycles.